The molecule has 2 aromatic carbocycles. The summed E-state index contributed by atoms with van der Waals surface area (Å²) in [6.07, 6.45) is 0. The lowest BCUT2D eigenvalue weighted by atomic mass is 10.1. The predicted molar refractivity (Wildman–Crippen MR) is 84.6 cm³/mol. The SMILES string of the molecule is COc1ccc(C(C)=O)cc1CS(=O)c1ccc(Cl)cc1. The minimum Gasteiger partial charge on any atom is -0.496 e. The summed E-state index contributed by atoms with van der Waals surface area (Å²) in [4.78, 5) is 12.1. The van der Waals surface area contributed by atoms with Crippen molar-refractivity contribution in [2.75, 3.05) is 7.11 Å². The van der Waals surface area contributed by atoms with Crippen molar-refractivity contribution in [3.63, 3.8) is 0 Å². The third-order valence-corrected chi connectivity index (χ3v) is 4.67. The number of ketones is 1. The minimum atomic E-state index is -1.23. The first kappa shape index (κ1) is 15.7. The zero-order valence-electron chi connectivity index (χ0n) is 11.8. The average molecular weight is 323 g/mol. The second-order valence-corrected chi connectivity index (χ2v) is 6.41. The van der Waals surface area contributed by atoms with Gasteiger partial charge in [-0.2, -0.15) is 0 Å². The number of methoxy groups -OCH3 is 1. The number of benzene rings is 2. The molecule has 0 aliphatic heterocycles. The van der Waals surface area contributed by atoms with Crippen molar-refractivity contribution in [2.24, 2.45) is 0 Å². The van der Waals surface area contributed by atoms with E-state index in [0.717, 1.165) is 5.56 Å². The third-order valence-electron chi connectivity index (χ3n) is 3.05. The van der Waals surface area contributed by atoms with Crippen molar-refractivity contribution in [2.45, 2.75) is 17.6 Å². The Morgan fingerprint density at radius 1 is 1.19 bits per heavy atom. The lowest BCUT2D eigenvalue weighted by molar-refractivity contribution is 0.101. The van der Waals surface area contributed by atoms with E-state index in [1.54, 1.807) is 49.6 Å². The number of Topliss-reactive ketones (excluding diaryl/α,β-unsaturated/α-hetero) is 1. The Labute approximate surface area is 131 Å². The van der Waals surface area contributed by atoms with Gasteiger partial charge in [0.2, 0.25) is 0 Å². The molecule has 2 rings (SSSR count). The summed E-state index contributed by atoms with van der Waals surface area (Å²) in [5.41, 5.74) is 1.33. The van der Waals surface area contributed by atoms with Gasteiger partial charge in [0.25, 0.3) is 0 Å². The normalized spacial score (nSPS) is 12.0. The molecule has 0 amide bonds. The summed E-state index contributed by atoms with van der Waals surface area (Å²) in [5.74, 6) is 0.879. The molecule has 0 aliphatic rings. The molecule has 0 N–H and O–H groups in total. The molecule has 0 saturated carbocycles. The summed E-state index contributed by atoms with van der Waals surface area (Å²) in [6, 6.07) is 12.0. The van der Waals surface area contributed by atoms with Gasteiger partial charge in [-0.3, -0.25) is 9.00 Å². The molecule has 0 bridgehead atoms. The maximum Gasteiger partial charge on any atom is 0.159 e. The smallest absolute Gasteiger partial charge is 0.159 e. The van der Waals surface area contributed by atoms with Crippen molar-refractivity contribution in [3.05, 3.63) is 58.6 Å². The second kappa shape index (κ2) is 6.87. The monoisotopic (exact) mass is 322 g/mol. The van der Waals surface area contributed by atoms with Crippen LogP contribution in [0.2, 0.25) is 5.02 Å². The minimum absolute atomic E-state index is 0.0313. The fourth-order valence-corrected chi connectivity index (χ4v) is 3.16. The largest absolute Gasteiger partial charge is 0.496 e. The third kappa shape index (κ3) is 3.93. The number of halogens is 1. The molecule has 0 fully saturated rings. The Morgan fingerprint density at radius 3 is 2.43 bits per heavy atom. The Hall–Kier alpha value is -1.65. The number of ether oxygens (including phenoxy) is 1. The van der Waals surface area contributed by atoms with Gasteiger partial charge in [-0.25, -0.2) is 0 Å². The quantitative estimate of drug-likeness (QED) is 0.785. The van der Waals surface area contributed by atoms with Gasteiger partial charge in [0.15, 0.2) is 5.78 Å². The van der Waals surface area contributed by atoms with Crippen molar-refractivity contribution >= 4 is 28.2 Å². The Balaban J connectivity index is 2.29. The lowest BCUT2D eigenvalue weighted by Gasteiger charge is -2.10. The van der Waals surface area contributed by atoms with E-state index in [1.807, 2.05) is 0 Å². The highest BCUT2D eigenvalue weighted by molar-refractivity contribution is 7.84. The van der Waals surface area contributed by atoms with Gasteiger partial charge in [0.1, 0.15) is 5.75 Å². The van der Waals surface area contributed by atoms with E-state index in [-0.39, 0.29) is 11.5 Å². The highest BCUT2D eigenvalue weighted by Gasteiger charge is 2.12. The number of hydrogen-bond acceptors (Lipinski definition) is 3. The molecule has 3 nitrogen and oxygen atoms in total. The first-order valence-electron chi connectivity index (χ1n) is 6.33. The summed E-state index contributed by atoms with van der Waals surface area (Å²) >= 11 is 5.82. The maximum atomic E-state index is 12.4. The molecule has 2 aromatic rings. The van der Waals surface area contributed by atoms with Crippen LogP contribution >= 0.6 is 11.6 Å². The van der Waals surface area contributed by atoms with Gasteiger partial charge >= 0.3 is 0 Å². The molecular weight excluding hydrogens is 308 g/mol. The van der Waals surface area contributed by atoms with Crippen LogP contribution in [0.15, 0.2) is 47.4 Å². The summed E-state index contributed by atoms with van der Waals surface area (Å²) < 4.78 is 17.7. The topological polar surface area (TPSA) is 43.4 Å². The van der Waals surface area contributed by atoms with Crippen LogP contribution in [0.25, 0.3) is 0 Å². The molecule has 21 heavy (non-hydrogen) atoms. The van der Waals surface area contributed by atoms with Gasteiger partial charge in [0.05, 0.1) is 23.7 Å². The maximum absolute atomic E-state index is 12.4. The Kier molecular flexibility index (Phi) is 5.15. The highest BCUT2D eigenvalue weighted by Crippen LogP contribution is 2.24. The van der Waals surface area contributed by atoms with E-state index in [9.17, 15) is 9.00 Å². The molecule has 0 saturated heterocycles. The number of carbonyl (C=O) groups excluding carboxylic acids is 1. The van der Waals surface area contributed by atoms with Gasteiger partial charge in [0, 0.05) is 21.0 Å². The summed E-state index contributed by atoms with van der Waals surface area (Å²) in [7, 11) is 0.327. The van der Waals surface area contributed by atoms with Crippen LogP contribution in [-0.4, -0.2) is 17.1 Å². The van der Waals surface area contributed by atoms with Crippen molar-refractivity contribution in [1.82, 2.24) is 0 Å². The molecule has 0 aromatic heterocycles. The van der Waals surface area contributed by atoms with Gasteiger partial charge in [-0.15, -0.1) is 0 Å². The molecule has 0 spiro atoms. The van der Waals surface area contributed by atoms with Crippen LogP contribution in [-0.2, 0) is 16.6 Å². The number of hydrogen-bond donors (Lipinski definition) is 0. The van der Waals surface area contributed by atoms with E-state index in [1.165, 1.54) is 6.92 Å². The first-order chi connectivity index (χ1) is 10.0. The van der Waals surface area contributed by atoms with Crippen LogP contribution < -0.4 is 4.74 Å². The fourth-order valence-electron chi connectivity index (χ4n) is 1.92. The fraction of sp³-hybridized carbons (Fsp3) is 0.188. The van der Waals surface area contributed by atoms with E-state index in [2.05, 4.69) is 0 Å². The Bertz CT molecular complexity index is 680. The van der Waals surface area contributed by atoms with Crippen molar-refractivity contribution < 1.29 is 13.7 Å². The Morgan fingerprint density at radius 2 is 1.86 bits per heavy atom. The molecule has 1 atom stereocenters. The average Bonchev–Trinajstić information content (AvgIpc) is 2.47. The van der Waals surface area contributed by atoms with Crippen molar-refractivity contribution in [3.8, 4) is 5.75 Å². The van der Waals surface area contributed by atoms with Crippen LogP contribution in [0.4, 0.5) is 0 Å². The summed E-state index contributed by atoms with van der Waals surface area (Å²) in [5, 5.41) is 0.604. The zero-order chi connectivity index (χ0) is 15.4. The summed E-state index contributed by atoms with van der Waals surface area (Å²) in [6.45, 7) is 1.50. The first-order valence-corrected chi connectivity index (χ1v) is 8.02. The predicted octanol–water partition coefficient (Wildman–Crippen LogP) is 3.86. The van der Waals surface area contributed by atoms with Crippen LogP contribution in [0.1, 0.15) is 22.8 Å². The molecule has 0 heterocycles. The van der Waals surface area contributed by atoms with Crippen LogP contribution in [0, 0.1) is 0 Å². The van der Waals surface area contributed by atoms with Gasteiger partial charge in [-0.1, -0.05) is 11.6 Å². The van der Waals surface area contributed by atoms with Crippen molar-refractivity contribution in [1.29, 1.82) is 0 Å². The zero-order valence-corrected chi connectivity index (χ0v) is 13.3. The highest BCUT2D eigenvalue weighted by atomic mass is 35.5. The number of rotatable bonds is 5. The molecule has 0 radical (unpaired) electrons. The number of carbonyl (C=O) groups is 1. The molecule has 1 unspecified atom stereocenters. The van der Waals surface area contributed by atoms with Crippen LogP contribution in [0.5, 0.6) is 5.75 Å². The van der Waals surface area contributed by atoms with E-state index in [0.29, 0.717) is 21.2 Å². The molecule has 5 heteroatoms. The van der Waals surface area contributed by atoms with Crippen LogP contribution in [0.3, 0.4) is 0 Å². The van der Waals surface area contributed by atoms with E-state index < -0.39 is 10.8 Å². The van der Waals surface area contributed by atoms with Gasteiger partial charge in [-0.05, 0) is 49.4 Å². The second-order valence-electron chi connectivity index (χ2n) is 4.53. The van der Waals surface area contributed by atoms with E-state index >= 15 is 0 Å². The lowest BCUT2D eigenvalue weighted by Crippen LogP contribution is -2.02. The molecule has 110 valence electrons. The molecular formula is C16H15ClO3S. The molecule has 0 aliphatic carbocycles. The standard InChI is InChI=1S/C16H15ClO3S/c1-11(18)12-3-8-16(20-2)13(9-12)10-21(19)15-6-4-14(17)5-7-15/h3-9H,10H2,1-2H3. The van der Waals surface area contributed by atoms with Gasteiger partial charge < -0.3 is 4.74 Å². The van der Waals surface area contributed by atoms with E-state index in [4.69, 9.17) is 16.3 Å².